The van der Waals surface area contributed by atoms with Crippen LogP contribution in [0.2, 0.25) is 0 Å². The molecule has 0 aliphatic carbocycles. The number of hydrogen-bond donors (Lipinski definition) is 2. The van der Waals surface area contributed by atoms with Crippen molar-refractivity contribution in [2.75, 3.05) is 6.54 Å². The van der Waals surface area contributed by atoms with Crippen LogP contribution in [-0.2, 0) is 10.2 Å². The third-order valence-electron chi connectivity index (χ3n) is 2.04. The van der Waals surface area contributed by atoms with Gasteiger partial charge in [-0.25, -0.2) is 4.72 Å². The molecule has 16 heavy (non-hydrogen) atoms. The van der Waals surface area contributed by atoms with E-state index in [9.17, 15) is 8.42 Å². The van der Waals surface area contributed by atoms with Crippen molar-refractivity contribution in [3.05, 3.63) is 34.3 Å². The summed E-state index contributed by atoms with van der Waals surface area (Å²) >= 11 is 3.33. The van der Waals surface area contributed by atoms with Crippen molar-refractivity contribution in [3.63, 3.8) is 0 Å². The second-order valence-corrected chi connectivity index (χ2v) is 5.84. The van der Waals surface area contributed by atoms with Gasteiger partial charge >= 0.3 is 0 Å². The van der Waals surface area contributed by atoms with E-state index in [1.165, 1.54) is 0 Å². The maximum atomic E-state index is 11.4. The third kappa shape index (κ3) is 4.21. The van der Waals surface area contributed by atoms with Gasteiger partial charge in [-0.15, -0.1) is 0 Å². The molecule has 1 unspecified atom stereocenters. The summed E-state index contributed by atoms with van der Waals surface area (Å²) in [7, 11) is -3.40. The zero-order valence-corrected chi connectivity index (χ0v) is 11.6. The molecule has 0 aliphatic heterocycles. The molecule has 1 atom stereocenters. The van der Waals surface area contributed by atoms with E-state index in [1.807, 2.05) is 24.3 Å². The van der Waals surface area contributed by atoms with Crippen LogP contribution in [0.3, 0.4) is 0 Å². The normalized spacial score (nSPS) is 13.7. The highest BCUT2D eigenvalue weighted by molar-refractivity contribution is 9.10. The first-order chi connectivity index (χ1) is 7.44. The largest absolute Gasteiger partial charge is 0.277 e. The summed E-state index contributed by atoms with van der Waals surface area (Å²) in [5.41, 5.74) is 0.921. The highest BCUT2D eigenvalue weighted by Crippen LogP contribution is 2.16. The monoisotopic (exact) mass is 306 g/mol. The standard InChI is InChI=1S/C10H15BrN2O2S/c1-3-12-16(14,15)13-8(2)9-4-6-10(11)7-5-9/h4-8,12-13H,3H2,1-2H3. The Kier molecular flexibility index (Phi) is 4.91. The Morgan fingerprint density at radius 1 is 1.31 bits per heavy atom. The van der Waals surface area contributed by atoms with Crippen molar-refractivity contribution in [2.24, 2.45) is 0 Å². The molecule has 90 valence electrons. The lowest BCUT2D eigenvalue weighted by atomic mass is 10.1. The quantitative estimate of drug-likeness (QED) is 0.873. The minimum atomic E-state index is -3.40. The average Bonchev–Trinajstić information content (AvgIpc) is 2.17. The molecule has 0 bridgehead atoms. The predicted molar refractivity (Wildman–Crippen MR) is 68.3 cm³/mol. The topological polar surface area (TPSA) is 58.2 Å². The average molecular weight is 307 g/mol. The van der Waals surface area contributed by atoms with Gasteiger partial charge < -0.3 is 0 Å². The Bertz CT molecular complexity index is 431. The summed E-state index contributed by atoms with van der Waals surface area (Å²) < 4.78 is 28.8. The first kappa shape index (κ1) is 13.6. The van der Waals surface area contributed by atoms with Gasteiger partial charge in [0.15, 0.2) is 0 Å². The Morgan fingerprint density at radius 2 is 1.88 bits per heavy atom. The van der Waals surface area contributed by atoms with Gasteiger partial charge in [0.25, 0.3) is 10.2 Å². The maximum Gasteiger partial charge on any atom is 0.277 e. The van der Waals surface area contributed by atoms with Gasteiger partial charge in [0.05, 0.1) is 0 Å². The summed E-state index contributed by atoms with van der Waals surface area (Å²) in [5.74, 6) is 0. The van der Waals surface area contributed by atoms with Crippen LogP contribution in [0.25, 0.3) is 0 Å². The van der Waals surface area contributed by atoms with E-state index in [0.29, 0.717) is 6.54 Å². The second kappa shape index (κ2) is 5.77. The van der Waals surface area contributed by atoms with Crippen molar-refractivity contribution < 1.29 is 8.42 Å². The smallest absolute Gasteiger partial charge is 0.203 e. The molecule has 6 heteroatoms. The van der Waals surface area contributed by atoms with E-state index < -0.39 is 10.2 Å². The molecule has 1 rings (SSSR count). The van der Waals surface area contributed by atoms with E-state index in [2.05, 4.69) is 25.4 Å². The first-order valence-electron chi connectivity index (χ1n) is 4.97. The fourth-order valence-electron chi connectivity index (χ4n) is 1.28. The van der Waals surface area contributed by atoms with Crippen LogP contribution in [0.5, 0.6) is 0 Å². The lowest BCUT2D eigenvalue weighted by Gasteiger charge is -2.14. The molecule has 0 spiro atoms. The first-order valence-corrected chi connectivity index (χ1v) is 7.24. The molecule has 1 aromatic rings. The summed E-state index contributed by atoms with van der Waals surface area (Å²) in [6, 6.07) is 7.27. The number of rotatable bonds is 5. The van der Waals surface area contributed by atoms with Gasteiger partial charge in [0, 0.05) is 17.1 Å². The highest BCUT2D eigenvalue weighted by Gasteiger charge is 2.13. The lowest BCUT2D eigenvalue weighted by molar-refractivity contribution is 0.554. The van der Waals surface area contributed by atoms with Crippen LogP contribution in [0.1, 0.15) is 25.5 Å². The molecule has 0 fully saturated rings. The number of benzene rings is 1. The summed E-state index contributed by atoms with van der Waals surface area (Å²) in [5, 5.41) is 0. The molecule has 0 amide bonds. The molecular weight excluding hydrogens is 292 g/mol. The van der Waals surface area contributed by atoms with Crippen molar-refractivity contribution in [3.8, 4) is 0 Å². The van der Waals surface area contributed by atoms with Gasteiger partial charge in [-0.3, -0.25) is 0 Å². The Balaban J connectivity index is 2.72. The molecule has 0 aliphatic rings. The molecular formula is C10H15BrN2O2S. The van der Waals surface area contributed by atoms with Crippen LogP contribution in [-0.4, -0.2) is 15.0 Å². The van der Waals surface area contributed by atoms with Crippen molar-refractivity contribution >= 4 is 26.1 Å². The maximum absolute atomic E-state index is 11.4. The van der Waals surface area contributed by atoms with Gasteiger partial charge in [-0.2, -0.15) is 13.1 Å². The molecule has 0 aromatic heterocycles. The van der Waals surface area contributed by atoms with Crippen LogP contribution >= 0.6 is 15.9 Å². The third-order valence-corrected chi connectivity index (χ3v) is 3.90. The van der Waals surface area contributed by atoms with Gasteiger partial charge in [0.2, 0.25) is 0 Å². The zero-order valence-electron chi connectivity index (χ0n) is 9.20. The van der Waals surface area contributed by atoms with Crippen LogP contribution in [0.4, 0.5) is 0 Å². The van der Waals surface area contributed by atoms with Crippen molar-refractivity contribution in [1.82, 2.24) is 9.44 Å². The Labute approximate surface area is 105 Å². The molecule has 0 radical (unpaired) electrons. The Morgan fingerprint density at radius 3 is 2.38 bits per heavy atom. The van der Waals surface area contributed by atoms with Crippen LogP contribution in [0.15, 0.2) is 28.7 Å². The lowest BCUT2D eigenvalue weighted by Crippen LogP contribution is -2.37. The Hall–Kier alpha value is -0.430. The molecule has 2 N–H and O–H groups in total. The SMILES string of the molecule is CCNS(=O)(=O)NC(C)c1ccc(Br)cc1. The second-order valence-electron chi connectivity index (χ2n) is 3.39. The molecule has 1 aromatic carbocycles. The van der Waals surface area contributed by atoms with Crippen LogP contribution in [0, 0.1) is 0 Å². The minimum Gasteiger partial charge on any atom is -0.203 e. The van der Waals surface area contributed by atoms with E-state index in [1.54, 1.807) is 13.8 Å². The zero-order chi connectivity index (χ0) is 12.2. The van der Waals surface area contributed by atoms with Crippen molar-refractivity contribution in [2.45, 2.75) is 19.9 Å². The number of nitrogens with one attached hydrogen (secondary N) is 2. The summed E-state index contributed by atoms with van der Waals surface area (Å²) in [6.07, 6.45) is 0. The molecule has 0 saturated carbocycles. The minimum absolute atomic E-state index is 0.253. The van der Waals surface area contributed by atoms with E-state index in [4.69, 9.17) is 0 Å². The van der Waals surface area contributed by atoms with Crippen LogP contribution < -0.4 is 9.44 Å². The van der Waals surface area contributed by atoms with E-state index >= 15 is 0 Å². The fraction of sp³-hybridized carbons (Fsp3) is 0.400. The van der Waals surface area contributed by atoms with E-state index in [0.717, 1.165) is 10.0 Å². The van der Waals surface area contributed by atoms with E-state index in [-0.39, 0.29) is 6.04 Å². The predicted octanol–water partition coefficient (Wildman–Crippen LogP) is 1.95. The molecule has 0 saturated heterocycles. The van der Waals surface area contributed by atoms with Crippen molar-refractivity contribution in [1.29, 1.82) is 0 Å². The summed E-state index contributed by atoms with van der Waals surface area (Å²) in [6.45, 7) is 3.92. The molecule has 4 nitrogen and oxygen atoms in total. The molecule has 0 heterocycles. The summed E-state index contributed by atoms with van der Waals surface area (Å²) in [4.78, 5) is 0. The highest BCUT2D eigenvalue weighted by atomic mass is 79.9. The van der Waals surface area contributed by atoms with Gasteiger partial charge in [-0.1, -0.05) is 35.0 Å². The number of halogens is 1. The fourth-order valence-corrected chi connectivity index (χ4v) is 2.61. The number of hydrogen-bond acceptors (Lipinski definition) is 2. The van der Waals surface area contributed by atoms with Gasteiger partial charge in [0.1, 0.15) is 0 Å². The van der Waals surface area contributed by atoms with Gasteiger partial charge in [-0.05, 0) is 24.6 Å².